The summed E-state index contributed by atoms with van der Waals surface area (Å²) in [7, 11) is -0.541. The van der Waals surface area contributed by atoms with Crippen molar-refractivity contribution in [1.82, 2.24) is 14.1 Å². The number of hydrogen-bond acceptors (Lipinski definition) is 7. The first-order valence-corrected chi connectivity index (χ1v) is 12.6. The summed E-state index contributed by atoms with van der Waals surface area (Å²) < 4.78 is 38.7. The maximum Gasteiger partial charge on any atom is 0.262 e. The summed E-state index contributed by atoms with van der Waals surface area (Å²) in [5, 5.41) is 2.67. The Morgan fingerprint density at radius 3 is 2.68 bits per heavy atom. The summed E-state index contributed by atoms with van der Waals surface area (Å²) in [4.78, 5) is 28.9. The number of amides is 2. The van der Waals surface area contributed by atoms with Gasteiger partial charge in [-0.15, -0.1) is 0 Å². The molecule has 1 fully saturated rings. The average molecular weight is 491 g/mol. The van der Waals surface area contributed by atoms with Crippen molar-refractivity contribution in [1.29, 1.82) is 0 Å². The number of likely N-dealkylation sites (tertiary alicyclic amines) is 1. The lowest BCUT2D eigenvalue weighted by molar-refractivity contribution is -0.135. The lowest BCUT2D eigenvalue weighted by atomic mass is 10.0. The number of anilines is 1. The number of ether oxygens (including phenoxy) is 1. The molecule has 0 aliphatic carbocycles. The molecule has 0 unspecified atom stereocenters. The van der Waals surface area contributed by atoms with Gasteiger partial charge >= 0.3 is 0 Å². The number of sulfonamides is 1. The number of fused-ring (bicyclic) bond motifs is 1. The molecule has 0 radical (unpaired) electrons. The summed E-state index contributed by atoms with van der Waals surface area (Å²) in [5.41, 5.74) is 0.880. The van der Waals surface area contributed by atoms with E-state index in [-0.39, 0.29) is 41.7 Å². The van der Waals surface area contributed by atoms with Crippen LogP contribution in [0.5, 0.6) is 5.75 Å². The van der Waals surface area contributed by atoms with Gasteiger partial charge in [-0.1, -0.05) is 0 Å². The highest BCUT2D eigenvalue weighted by atomic mass is 32.2. The van der Waals surface area contributed by atoms with E-state index in [1.807, 2.05) is 13.1 Å². The molecular weight excluding hydrogens is 460 g/mol. The molecule has 1 aromatic carbocycles. The first-order valence-electron chi connectivity index (χ1n) is 11.2. The normalized spacial score (nSPS) is 17.2. The monoisotopic (exact) mass is 490 g/mol. The number of likely N-dealkylation sites (N-methyl/N-ethyl adjacent to an activating group) is 1. The number of aryl methyl sites for hydroxylation is 1. The fraction of sp³-hybridized carbons (Fsp3) is 0.478. The Morgan fingerprint density at radius 2 is 2.00 bits per heavy atom. The number of rotatable bonds is 7. The summed E-state index contributed by atoms with van der Waals surface area (Å²) in [5.74, 6) is 0.365. The van der Waals surface area contributed by atoms with Crippen LogP contribution in [-0.4, -0.2) is 80.7 Å². The van der Waals surface area contributed by atoms with Crippen LogP contribution in [0.1, 0.15) is 24.2 Å². The van der Waals surface area contributed by atoms with Gasteiger partial charge in [0.25, 0.3) is 5.91 Å². The quantitative estimate of drug-likeness (QED) is 0.628. The van der Waals surface area contributed by atoms with E-state index < -0.39 is 10.0 Å². The molecule has 34 heavy (non-hydrogen) atoms. The van der Waals surface area contributed by atoms with E-state index in [9.17, 15) is 18.0 Å². The second-order valence-corrected chi connectivity index (χ2v) is 10.9. The van der Waals surface area contributed by atoms with E-state index in [4.69, 9.17) is 9.15 Å². The highest BCUT2D eigenvalue weighted by Crippen LogP contribution is 2.34. The number of benzene rings is 1. The van der Waals surface area contributed by atoms with E-state index in [1.165, 1.54) is 13.1 Å². The molecule has 11 heteroatoms. The predicted octanol–water partition coefficient (Wildman–Crippen LogP) is 1.66. The predicted molar refractivity (Wildman–Crippen MR) is 125 cm³/mol. The second-order valence-electron chi connectivity index (χ2n) is 8.85. The molecule has 2 aromatic rings. The summed E-state index contributed by atoms with van der Waals surface area (Å²) in [6.45, 7) is 3.19. The van der Waals surface area contributed by atoms with Crippen molar-refractivity contribution in [2.45, 2.75) is 37.2 Å². The Hall–Kier alpha value is -2.89. The van der Waals surface area contributed by atoms with Crippen LogP contribution in [0.3, 0.4) is 0 Å². The van der Waals surface area contributed by atoms with Crippen LogP contribution in [0, 0.1) is 6.92 Å². The first-order chi connectivity index (χ1) is 16.1. The van der Waals surface area contributed by atoms with Crippen LogP contribution in [0.25, 0.3) is 0 Å². The highest BCUT2D eigenvalue weighted by Gasteiger charge is 2.32. The lowest BCUT2D eigenvalue weighted by Gasteiger charge is -2.37. The molecule has 1 saturated heterocycles. The van der Waals surface area contributed by atoms with Crippen LogP contribution in [-0.2, 0) is 26.2 Å². The third kappa shape index (κ3) is 5.11. The van der Waals surface area contributed by atoms with Crippen LogP contribution < -0.4 is 10.1 Å². The maximum absolute atomic E-state index is 13.4. The van der Waals surface area contributed by atoms with Gasteiger partial charge in [0.15, 0.2) is 6.61 Å². The van der Waals surface area contributed by atoms with Crippen molar-refractivity contribution < 1.29 is 27.2 Å². The van der Waals surface area contributed by atoms with Gasteiger partial charge in [-0.2, -0.15) is 4.31 Å². The summed E-state index contributed by atoms with van der Waals surface area (Å²) in [6, 6.07) is 6.55. The maximum atomic E-state index is 13.4. The molecule has 0 atom stereocenters. The van der Waals surface area contributed by atoms with Gasteiger partial charge in [-0.25, -0.2) is 8.42 Å². The molecule has 184 valence electrons. The Morgan fingerprint density at radius 1 is 1.26 bits per heavy atom. The van der Waals surface area contributed by atoms with Crippen molar-refractivity contribution in [2.75, 3.05) is 45.7 Å². The largest absolute Gasteiger partial charge is 0.482 e. The average Bonchev–Trinajstić information content (AvgIpc) is 3.30. The van der Waals surface area contributed by atoms with Crippen molar-refractivity contribution in [2.24, 2.45) is 0 Å². The standard InChI is InChI=1S/C23H30N4O6S/c1-16-11-19-20(33-15-22(28)24-19)12-21(16)34(30,31)26(3)14-23(29)27(13-18-5-4-10-32-18)17-6-8-25(2)9-7-17/h4-5,10-12,17H,6-9,13-15H2,1-3H3,(H,24,28). The first kappa shape index (κ1) is 24.2. The van der Waals surface area contributed by atoms with Crippen molar-refractivity contribution in [3.8, 4) is 5.75 Å². The molecule has 0 bridgehead atoms. The Labute approximate surface area is 199 Å². The van der Waals surface area contributed by atoms with E-state index in [2.05, 4.69) is 10.2 Å². The van der Waals surface area contributed by atoms with Gasteiger partial charge in [0.2, 0.25) is 15.9 Å². The SMILES string of the molecule is Cc1cc2c(cc1S(=O)(=O)N(C)CC(=O)N(Cc1ccco1)C1CCN(C)CC1)OCC(=O)N2. The van der Waals surface area contributed by atoms with Crippen LogP contribution in [0.2, 0.25) is 0 Å². The Kier molecular flexibility index (Phi) is 6.96. The zero-order valence-electron chi connectivity index (χ0n) is 19.6. The minimum absolute atomic E-state index is 0.00685. The minimum atomic E-state index is -3.99. The van der Waals surface area contributed by atoms with Gasteiger partial charge in [0.1, 0.15) is 11.5 Å². The molecule has 2 aliphatic rings. The minimum Gasteiger partial charge on any atom is -0.482 e. The Balaban J connectivity index is 1.54. The Bertz CT molecular complexity index is 1160. The van der Waals surface area contributed by atoms with E-state index in [0.29, 0.717) is 23.6 Å². The fourth-order valence-electron chi connectivity index (χ4n) is 4.33. The van der Waals surface area contributed by atoms with E-state index in [0.717, 1.165) is 30.2 Å². The van der Waals surface area contributed by atoms with Gasteiger partial charge < -0.3 is 24.3 Å². The molecule has 1 N–H and O–H groups in total. The lowest BCUT2D eigenvalue weighted by Crippen LogP contribution is -2.49. The molecule has 3 heterocycles. The number of nitrogens with zero attached hydrogens (tertiary/aromatic N) is 3. The van der Waals surface area contributed by atoms with Crippen LogP contribution in [0.4, 0.5) is 5.69 Å². The zero-order valence-corrected chi connectivity index (χ0v) is 20.4. The van der Waals surface area contributed by atoms with Gasteiger partial charge in [-0.05, 0) is 63.7 Å². The van der Waals surface area contributed by atoms with Crippen molar-refractivity contribution in [3.63, 3.8) is 0 Å². The number of furan rings is 1. The van der Waals surface area contributed by atoms with Gasteiger partial charge in [0.05, 0.1) is 29.9 Å². The molecule has 0 spiro atoms. The number of piperidine rings is 1. The number of carbonyl (C=O) groups is 2. The van der Waals surface area contributed by atoms with Crippen molar-refractivity contribution >= 4 is 27.5 Å². The smallest absolute Gasteiger partial charge is 0.262 e. The molecule has 4 rings (SSSR count). The number of carbonyl (C=O) groups excluding carboxylic acids is 2. The van der Waals surface area contributed by atoms with Gasteiger partial charge in [0, 0.05) is 19.2 Å². The summed E-state index contributed by atoms with van der Waals surface area (Å²) >= 11 is 0. The fourth-order valence-corrected chi connectivity index (χ4v) is 5.66. The van der Waals surface area contributed by atoms with Gasteiger partial charge in [-0.3, -0.25) is 9.59 Å². The number of hydrogen-bond donors (Lipinski definition) is 1. The second kappa shape index (κ2) is 9.77. The van der Waals surface area contributed by atoms with E-state index >= 15 is 0 Å². The van der Waals surface area contributed by atoms with Crippen LogP contribution in [0.15, 0.2) is 39.8 Å². The molecule has 10 nitrogen and oxygen atoms in total. The number of nitrogens with one attached hydrogen (secondary N) is 1. The molecular formula is C23H30N4O6S. The van der Waals surface area contributed by atoms with Crippen molar-refractivity contribution in [3.05, 3.63) is 41.9 Å². The third-order valence-corrected chi connectivity index (χ3v) is 8.26. The topological polar surface area (TPSA) is 112 Å². The van der Waals surface area contributed by atoms with E-state index in [1.54, 1.807) is 30.2 Å². The summed E-state index contributed by atoms with van der Waals surface area (Å²) in [6.07, 6.45) is 3.19. The zero-order chi connectivity index (χ0) is 24.5. The highest BCUT2D eigenvalue weighted by molar-refractivity contribution is 7.89. The molecule has 1 aromatic heterocycles. The molecule has 0 saturated carbocycles. The van der Waals surface area contributed by atoms with Crippen LogP contribution >= 0.6 is 0 Å². The third-order valence-electron chi connectivity index (χ3n) is 6.31. The molecule has 2 amide bonds. The molecule has 2 aliphatic heterocycles.